The minimum atomic E-state index is -4.43. The SMILES string of the molecule is C=Cc1ccc(OC)cc1N(C(=C)OP(=O)(Oc1ccccc1)Oc1ccccc1)C(=O)OC(C)(C)C. The van der Waals surface area contributed by atoms with Crippen molar-refractivity contribution in [1.29, 1.82) is 0 Å². The molecule has 0 N–H and O–H groups in total. The number of para-hydroxylation sites is 2. The quantitative estimate of drug-likeness (QED) is 0.198. The van der Waals surface area contributed by atoms with E-state index >= 15 is 0 Å². The Hall–Kier alpha value is -4.16. The molecule has 194 valence electrons. The van der Waals surface area contributed by atoms with Crippen LogP contribution < -0.4 is 18.7 Å². The summed E-state index contributed by atoms with van der Waals surface area (Å²) in [5, 5.41) is 0. The Morgan fingerprint density at radius 3 is 1.89 bits per heavy atom. The van der Waals surface area contributed by atoms with Crippen molar-refractivity contribution in [2.45, 2.75) is 26.4 Å². The molecule has 0 radical (unpaired) electrons. The van der Waals surface area contributed by atoms with E-state index in [2.05, 4.69) is 13.2 Å². The highest BCUT2D eigenvalue weighted by molar-refractivity contribution is 7.49. The molecule has 1 amide bonds. The maximum atomic E-state index is 13.9. The second-order valence-corrected chi connectivity index (χ2v) is 10.1. The highest BCUT2D eigenvalue weighted by atomic mass is 31.2. The number of phosphoric acid groups is 1. The molecular weight excluding hydrogens is 493 g/mol. The summed E-state index contributed by atoms with van der Waals surface area (Å²) in [7, 11) is -2.94. The first-order chi connectivity index (χ1) is 17.5. The van der Waals surface area contributed by atoms with Gasteiger partial charge in [-0.2, -0.15) is 4.57 Å². The van der Waals surface area contributed by atoms with Gasteiger partial charge >= 0.3 is 13.9 Å². The van der Waals surface area contributed by atoms with Crippen LogP contribution >= 0.6 is 7.82 Å². The lowest BCUT2D eigenvalue weighted by atomic mass is 10.1. The van der Waals surface area contributed by atoms with E-state index in [0.717, 1.165) is 4.90 Å². The molecule has 0 unspecified atom stereocenters. The van der Waals surface area contributed by atoms with Crippen LogP contribution in [0.2, 0.25) is 0 Å². The van der Waals surface area contributed by atoms with Gasteiger partial charge in [0.1, 0.15) is 22.8 Å². The van der Waals surface area contributed by atoms with Crippen LogP contribution in [-0.2, 0) is 13.8 Å². The van der Waals surface area contributed by atoms with Gasteiger partial charge in [0.15, 0.2) is 0 Å². The largest absolute Gasteiger partial charge is 0.648 e. The minimum Gasteiger partial charge on any atom is -0.497 e. The number of carbonyl (C=O) groups is 1. The fourth-order valence-corrected chi connectivity index (χ4v) is 4.32. The topological polar surface area (TPSA) is 83.5 Å². The molecule has 0 spiro atoms. The number of anilines is 1. The Kier molecular flexibility index (Phi) is 8.69. The number of methoxy groups -OCH3 is 1. The van der Waals surface area contributed by atoms with E-state index in [1.807, 2.05) is 0 Å². The summed E-state index contributed by atoms with van der Waals surface area (Å²) in [6.45, 7) is 12.8. The van der Waals surface area contributed by atoms with E-state index in [1.54, 1.807) is 106 Å². The summed E-state index contributed by atoms with van der Waals surface area (Å²) in [5.41, 5.74) is -0.0353. The van der Waals surface area contributed by atoms with E-state index in [4.69, 9.17) is 23.0 Å². The van der Waals surface area contributed by atoms with Crippen LogP contribution in [0.5, 0.6) is 17.2 Å². The van der Waals surface area contributed by atoms with E-state index < -0.39 is 19.5 Å². The molecule has 0 bridgehead atoms. The van der Waals surface area contributed by atoms with Crippen molar-refractivity contribution in [3.63, 3.8) is 0 Å². The number of rotatable bonds is 10. The second kappa shape index (κ2) is 11.7. The number of amides is 1. The van der Waals surface area contributed by atoms with Crippen molar-refractivity contribution < 1.29 is 32.4 Å². The molecule has 0 aliphatic heterocycles. The molecule has 0 saturated carbocycles. The van der Waals surface area contributed by atoms with E-state index in [9.17, 15) is 9.36 Å². The fourth-order valence-electron chi connectivity index (χ4n) is 3.11. The summed E-state index contributed by atoms with van der Waals surface area (Å²) in [4.78, 5) is 14.4. The Labute approximate surface area is 217 Å². The maximum Gasteiger partial charge on any atom is 0.648 e. The molecular formula is C28H30NO7P. The lowest BCUT2D eigenvalue weighted by Crippen LogP contribution is -2.37. The number of ether oxygens (including phenoxy) is 2. The molecule has 3 aromatic rings. The van der Waals surface area contributed by atoms with Crippen LogP contribution in [0.4, 0.5) is 10.5 Å². The zero-order chi connectivity index (χ0) is 27.1. The van der Waals surface area contributed by atoms with E-state index in [-0.39, 0.29) is 23.1 Å². The average molecular weight is 524 g/mol. The first kappa shape index (κ1) is 27.4. The first-order valence-corrected chi connectivity index (χ1v) is 12.8. The van der Waals surface area contributed by atoms with Gasteiger partial charge in [0.2, 0.25) is 5.88 Å². The second-order valence-electron chi connectivity index (χ2n) is 8.69. The average Bonchev–Trinajstić information content (AvgIpc) is 2.84. The number of hydrogen-bond donors (Lipinski definition) is 0. The molecule has 0 aromatic heterocycles. The predicted octanol–water partition coefficient (Wildman–Crippen LogP) is 7.83. The van der Waals surface area contributed by atoms with Crippen molar-refractivity contribution in [3.8, 4) is 17.2 Å². The van der Waals surface area contributed by atoms with Crippen molar-refractivity contribution in [2.24, 2.45) is 0 Å². The Bertz CT molecular complexity index is 1240. The molecule has 9 heteroatoms. The lowest BCUT2D eigenvalue weighted by Gasteiger charge is -2.30. The normalized spacial score (nSPS) is 11.1. The Balaban J connectivity index is 2.05. The molecule has 8 nitrogen and oxygen atoms in total. The minimum absolute atomic E-state index is 0.228. The number of phosphoric ester groups is 1. The summed E-state index contributed by atoms with van der Waals surface area (Å²) in [6.07, 6.45) is 0.708. The van der Waals surface area contributed by atoms with Crippen LogP contribution in [0.25, 0.3) is 6.08 Å². The van der Waals surface area contributed by atoms with Crippen LogP contribution in [0, 0.1) is 0 Å². The molecule has 0 heterocycles. The maximum absolute atomic E-state index is 13.9. The zero-order valence-corrected chi connectivity index (χ0v) is 22.1. The predicted molar refractivity (Wildman–Crippen MR) is 144 cm³/mol. The van der Waals surface area contributed by atoms with Crippen LogP contribution in [0.15, 0.2) is 97.9 Å². The van der Waals surface area contributed by atoms with E-state index in [0.29, 0.717) is 11.3 Å². The van der Waals surface area contributed by atoms with Gasteiger partial charge in [0.05, 0.1) is 12.8 Å². The smallest absolute Gasteiger partial charge is 0.497 e. The van der Waals surface area contributed by atoms with Crippen molar-refractivity contribution in [2.75, 3.05) is 12.0 Å². The lowest BCUT2D eigenvalue weighted by molar-refractivity contribution is 0.0576. The highest BCUT2D eigenvalue weighted by Gasteiger charge is 2.38. The number of benzene rings is 3. The number of nitrogens with zero attached hydrogens (tertiary/aromatic N) is 1. The van der Waals surface area contributed by atoms with Gasteiger partial charge in [0.25, 0.3) is 0 Å². The highest BCUT2D eigenvalue weighted by Crippen LogP contribution is 2.52. The Morgan fingerprint density at radius 1 is 0.892 bits per heavy atom. The van der Waals surface area contributed by atoms with Crippen molar-refractivity contribution >= 4 is 25.7 Å². The third kappa shape index (κ3) is 7.66. The van der Waals surface area contributed by atoms with Gasteiger partial charge in [-0.15, -0.1) is 0 Å². The van der Waals surface area contributed by atoms with Crippen LogP contribution in [-0.4, -0.2) is 18.8 Å². The standard InChI is InChI=1S/C28H30NO7P/c1-7-22-18-19-25(32-6)20-26(22)29(27(30)33-28(3,4)5)21(2)34-37(31,35-23-14-10-8-11-15-23)36-24-16-12-9-13-17-24/h7-20H,1-2H2,3-6H3. The first-order valence-electron chi connectivity index (χ1n) is 11.3. The van der Waals surface area contributed by atoms with Gasteiger partial charge in [-0.25, -0.2) is 9.69 Å². The zero-order valence-electron chi connectivity index (χ0n) is 21.2. The van der Waals surface area contributed by atoms with Gasteiger partial charge in [-0.05, 0) is 69.3 Å². The molecule has 0 fully saturated rings. The van der Waals surface area contributed by atoms with Gasteiger partial charge < -0.3 is 23.0 Å². The summed E-state index contributed by atoms with van der Waals surface area (Å²) in [6, 6.07) is 21.7. The van der Waals surface area contributed by atoms with Crippen LogP contribution in [0.3, 0.4) is 0 Å². The third-order valence-corrected chi connectivity index (χ3v) is 5.97. The van der Waals surface area contributed by atoms with Gasteiger partial charge in [-0.1, -0.05) is 49.1 Å². The Morgan fingerprint density at radius 2 is 1.43 bits per heavy atom. The van der Waals surface area contributed by atoms with Crippen molar-refractivity contribution in [3.05, 3.63) is 103 Å². The van der Waals surface area contributed by atoms with Crippen LogP contribution in [0.1, 0.15) is 26.3 Å². The number of hydrogen-bond acceptors (Lipinski definition) is 7. The molecule has 3 rings (SSSR count). The molecule has 0 aliphatic carbocycles. The summed E-state index contributed by atoms with van der Waals surface area (Å²) < 4.78 is 41.9. The monoisotopic (exact) mass is 523 g/mol. The van der Waals surface area contributed by atoms with Crippen molar-refractivity contribution in [1.82, 2.24) is 0 Å². The van der Waals surface area contributed by atoms with Gasteiger partial charge in [-0.3, -0.25) is 0 Å². The molecule has 0 saturated heterocycles. The molecule has 0 atom stereocenters. The molecule has 3 aromatic carbocycles. The fraction of sp³-hybridized carbons (Fsp3) is 0.179. The molecule has 37 heavy (non-hydrogen) atoms. The number of carbonyl (C=O) groups excluding carboxylic acids is 1. The summed E-state index contributed by atoms with van der Waals surface area (Å²) >= 11 is 0. The molecule has 0 aliphatic rings. The van der Waals surface area contributed by atoms with E-state index in [1.165, 1.54) is 7.11 Å². The van der Waals surface area contributed by atoms with Gasteiger partial charge in [0, 0.05) is 6.07 Å². The summed E-state index contributed by atoms with van der Waals surface area (Å²) in [5.74, 6) is 0.546. The third-order valence-electron chi connectivity index (χ3n) is 4.66.